The maximum Gasteiger partial charge on any atom is 0.142 e. The van der Waals surface area contributed by atoms with E-state index in [9.17, 15) is 5.11 Å². The van der Waals surface area contributed by atoms with Crippen LogP contribution in [0.4, 0.5) is 0 Å². The van der Waals surface area contributed by atoms with E-state index in [1.165, 1.54) is 11.5 Å². The summed E-state index contributed by atoms with van der Waals surface area (Å²) in [4.78, 5) is 4.24. The Morgan fingerprint density at radius 1 is 1.62 bits per heavy atom. The van der Waals surface area contributed by atoms with Crippen molar-refractivity contribution in [2.24, 2.45) is 0 Å². The summed E-state index contributed by atoms with van der Waals surface area (Å²) in [6.07, 6.45) is 0.908. The highest BCUT2D eigenvalue weighted by atomic mass is 32.1. The van der Waals surface area contributed by atoms with E-state index in [4.69, 9.17) is 4.74 Å². The summed E-state index contributed by atoms with van der Waals surface area (Å²) in [6.45, 7) is 2.36. The number of hydrogen-bond acceptors (Lipinski definition) is 5. The van der Waals surface area contributed by atoms with Gasteiger partial charge in [0.25, 0.3) is 0 Å². The molecule has 1 rings (SSSR count). The molecule has 1 aromatic rings. The number of aryl methyl sites for hydroxylation is 1. The van der Waals surface area contributed by atoms with Gasteiger partial charge in [0, 0.05) is 20.0 Å². The standard InChI is InChI=1S/C8H14N2O2S/c1-3-7-9-8(13-10-7)4-6(11)5-12-2/h6,11H,3-5H2,1-2H3. The van der Waals surface area contributed by atoms with Crippen molar-refractivity contribution in [1.29, 1.82) is 0 Å². The summed E-state index contributed by atoms with van der Waals surface area (Å²) in [6, 6.07) is 0. The van der Waals surface area contributed by atoms with Crippen molar-refractivity contribution >= 4 is 11.5 Å². The van der Waals surface area contributed by atoms with Crippen molar-refractivity contribution < 1.29 is 9.84 Å². The normalized spacial score (nSPS) is 13.2. The van der Waals surface area contributed by atoms with Crippen LogP contribution in [0.25, 0.3) is 0 Å². The van der Waals surface area contributed by atoms with Crippen LogP contribution in [-0.2, 0) is 17.6 Å². The average molecular weight is 202 g/mol. The number of aromatic nitrogens is 2. The van der Waals surface area contributed by atoms with Crippen LogP contribution in [0.1, 0.15) is 17.8 Å². The summed E-state index contributed by atoms with van der Waals surface area (Å²) < 4.78 is 8.94. The third-order valence-electron chi connectivity index (χ3n) is 1.60. The molecule has 1 atom stereocenters. The second-order valence-electron chi connectivity index (χ2n) is 2.77. The molecule has 0 aliphatic rings. The minimum Gasteiger partial charge on any atom is -0.390 e. The van der Waals surface area contributed by atoms with Gasteiger partial charge in [0.15, 0.2) is 0 Å². The highest BCUT2D eigenvalue weighted by Gasteiger charge is 2.09. The Kier molecular flexibility index (Phi) is 4.27. The minimum atomic E-state index is -0.470. The third-order valence-corrected chi connectivity index (χ3v) is 2.37. The summed E-state index contributed by atoms with van der Waals surface area (Å²) >= 11 is 1.35. The number of aliphatic hydroxyl groups excluding tert-OH is 1. The van der Waals surface area contributed by atoms with Gasteiger partial charge < -0.3 is 9.84 Å². The van der Waals surface area contributed by atoms with E-state index in [1.54, 1.807) is 7.11 Å². The summed E-state index contributed by atoms with van der Waals surface area (Å²) in [7, 11) is 1.57. The van der Waals surface area contributed by atoms with Crippen LogP contribution in [0, 0.1) is 0 Å². The first kappa shape index (κ1) is 10.6. The monoisotopic (exact) mass is 202 g/mol. The molecule has 4 nitrogen and oxygen atoms in total. The molecule has 0 bridgehead atoms. The maximum absolute atomic E-state index is 9.40. The topological polar surface area (TPSA) is 55.2 Å². The van der Waals surface area contributed by atoms with Crippen LogP contribution in [0.15, 0.2) is 0 Å². The minimum absolute atomic E-state index is 0.348. The van der Waals surface area contributed by atoms with Gasteiger partial charge in [0.2, 0.25) is 0 Å². The van der Waals surface area contributed by atoms with Crippen molar-refractivity contribution in [3.8, 4) is 0 Å². The molecule has 0 aliphatic heterocycles. The number of hydrogen-bond donors (Lipinski definition) is 1. The predicted molar refractivity (Wildman–Crippen MR) is 50.9 cm³/mol. The number of nitrogens with zero attached hydrogens (tertiary/aromatic N) is 2. The molecule has 0 fully saturated rings. The summed E-state index contributed by atoms with van der Waals surface area (Å²) in [5.74, 6) is 0.851. The lowest BCUT2D eigenvalue weighted by Gasteiger charge is -2.05. The highest BCUT2D eigenvalue weighted by Crippen LogP contribution is 2.08. The lowest BCUT2D eigenvalue weighted by atomic mass is 10.3. The van der Waals surface area contributed by atoms with Gasteiger partial charge in [0.05, 0.1) is 12.7 Å². The van der Waals surface area contributed by atoms with Crippen LogP contribution in [0.2, 0.25) is 0 Å². The molecule has 1 aromatic heterocycles. The number of rotatable bonds is 5. The molecule has 0 amide bonds. The highest BCUT2D eigenvalue weighted by molar-refractivity contribution is 7.05. The molecule has 1 unspecified atom stereocenters. The van der Waals surface area contributed by atoms with Crippen LogP contribution in [-0.4, -0.2) is 34.3 Å². The largest absolute Gasteiger partial charge is 0.390 e. The first-order chi connectivity index (χ1) is 6.26. The van der Waals surface area contributed by atoms with Crippen molar-refractivity contribution in [3.05, 3.63) is 10.8 Å². The fourth-order valence-corrected chi connectivity index (χ4v) is 1.76. The van der Waals surface area contributed by atoms with Gasteiger partial charge in [-0.2, -0.15) is 4.37 Å². The fourth-order valence-electron chi connectivity index (χ4n) is 0.970. The first-order valence-corrected chi connectivity index (χ1v) is 5.02. The Labute approximate surface area is 81.7 Å². The van der Waals surface area contributed by atoms with Crippen LogP contribution in [0.5, 0.6) is 0 Å². The van der Waals surface area contributed by atoms with Crippen LogP contribution in [0.3, 0.4) is 0 Å². The second-order valence-corrected chi connectivity index (χ2v) is 3.61. The molecule has 74 valence electrons. The van der Waals surface area contributed by atoms with Gasteiger partial charge in [0.1, 0.15) is 10.8 Å². The molecule has 1 N–H and O–H groups in total. The average Bonchev–Trinajstić information content (AvgIpc) is 2.52. The quantitative estimate of drug-likeness (QED) is 0.761. The summed E-state index contributed by atoms with van der Waals surface area (Å²) in [5, 5.41) is 10.3. The molecule has 0 radical (unpaired) electrons. The van der Waals surface area contributed by atoms with Crippen molar-refractivity contribution in [2.45, 2.75) is 25.9 Å². The molecular formula is C8H14N2O2S. The Bertz CT molecular complexity index is 252. The molecule has 5 heteroatoms. The lowest BCUT2D eigenvalue weighted by Crippen LogP contribution is -2.16. The van der Waals surface area contributed by atoms with E-state index in [2.05, 4.69) is 9.36 Å². The molecule has 0 saturated carbocycles. The smallest absolute Gasteiger partial charge is 0.142 e. The molecule has 1 heterocycles. The number of ether oxygens (including phenoxy) is 1. The first-order valence-electron chi connectivity index (χ1n) is 4.24. The van der Waals surface area contributed by atoms with E-state index >= 15 is 0 Å². The predicted octanol–water partition coefficient (Wildman–Crippen LogP) is 0.650. The second kappa shape index (κ2) is 5.26. The van der Waals surface area contributed by atoms with E-state index in [0.29, 0.717) is 13.0 Å². The summed E-state index contributed by atoms with van der Waals surface area (Å²) in [5.41, 5.74) is 0. The van der Waals surface area contributed by atoms with Gasteiger partial charge in [-0.25, -0.2) is 4.98 Å². The van der Waals surface area contributed by atoms with Crippen LogP contribution >= 0.6 is 11.5 Å². The van der Waals surface area contributed by atoms with E-state index in [1.807, 2.05) is 6.92 Å². The zero-order valence-electron chi connectivity index (χ0n) is 7.86. The third kappa shape index (κ3) is 3.38. The van der Waals surface area contributed by atoms with Gasteiger partial charge in [-0.3, -0.25) is 0 Å². The van der Waals surface area contributed by atoms with Gasteiger partial charge in [-0.15, -0.1) is 0 Å². The van der Waals surface area contributed by atoms with E-state index in [-0.39, 0.29) is 0 Å². The van der Waals surface area contributed by atoms with Crippen molar-refractivity contribution in [2.75, 3.05) is 13.7 Å². The van der Waals surface area contributed by atoms with E-state index in [0.717, 1.165) is 17.3 Å². The Hall–Kier alpha value is -0.520. The number of aliphatic hydroxyl groups is 1. The van der Waals surface area contributed by atoms with Gasteiger partial charge >= 0.3 is 0 Å². The zero-order chi connectivity index (χ0) is 9.68. The SMILES string of the molecule is CCc1nsc(CC(O)COC)n1. The number of methoxy groups -OCH3 is 1. The van der Waals surface area contributed by atoms with E-state index < -0.39 is 6.10 Å². The maximum atomic E-state index is 9.40. The fraction of sp³-hybridized carbons (Fsp3) is 0.750. The van der Waals surface area contributed by atoms with Crippen LogP contribution < -0.4 is 0 Å². The Morgan fingerprint density at radius 3 is 2.92 bits per heavy atom. The molecule has 0 aliphatic carbocycles. The van der Waals surface area contributed by atoms with Gasteiger partial charge in [-0.1, -0.05) is 6.92 Å². The molecular weight excluding hydrogens is 188 g/mol. The van der Waals surface area contributed by atoms with Crippen molar-refractivity contribution in [3.63, 3.8) is 0 Å². The molecule has 0 spiro atoms. The lowest BCUT2D eigenvalue weighted by molar-refractivity contribution is 0.0650. The molecule has 0 aromatic carbocycles. The Balaban J connectivity index is 2.44. The molecule has 0 saturated heterocycles. The Morgan fingerprint density at radius 2 is 2.38 bits per heavy atom. The zero-order valence-corrected chi connectivity index (χ0v) is 8.67. The molecule has 13 heavy (non-hydrogen) atoms. The van der Waals surface area contributed by atoms with Gasteiger partial charge in [-0.05, 0) is 11.5 Å². The van der Waals surface area contributed by atoms with Crippen molar-refractivity contribution in [1.82, 2.24) is 9.36 Å².